The summed E-state index contributed by atoms with van der Waals surface area (Å²) in [6, 6.07) is 24.5. The van der Waals surface area contributed by atoms with Crippen molar-refractivity contribution < 1.29 is 37.9 Å². The molecule has 44 heavy (non-hydrogen) atoms. The summed E-state index contributed by atoms with van der Waals surface area (Å²) in [5.74, 6) is 2.39. The van der Waals surface area contributed by atoms with E-state index in [0.717, 1.165) is 62.2 Å². The fourth-order valence-electron chi connectivity index (χ4n) is 4.41. The topological polar surface area (TPSA) is 83.0 Å². The van der Waals surface area contributed by atoms with Crippen molar-refractivity contribution in [3.63, 3.8) is 0 Å². The minimum atomic E-state index is -2.23. The Bertz CT molecular complexity index is 1030. The molecular formula is C35H55BN2O6. The van der Waals surface area contributed by atoms with E-state index in [9.17, 15) is 10.0 Å². The van der Waals surface area contributed by atoms with Gasteiger partial charge in [-0.05, 0) is 65.9 Å². The molecule has 0 saturated heterocycles. The van der Waals surface area contributed by atoms with Gasteiger partial charge in [0.05, 0.1) is 85.0 Å². The zero-order valence-corrected chi connectivity index (χ0v) is 28.9. The van der Waals surface area contributed by atoms with Crippen molar-refractivity contribution >= 4 is 7.32 Å². The second-order valence-electron chi connectivity index (χ2n) is 13.4. The molecule has 0 amide bonds. The lowest BCUT2D eigenvalue weighted by Crippen LogP contribution is -2.47. The first-order valence-corrected chi connectivity index (χ1v) is 15.0. The van der Waals surface area contributed by atoms with Gasteiger partial charge in [-0.25, -0.2) is 0 Å². The first kappa shape index (κ1) is 38.9. The Kier molecular flexibility index (Phi) is 16.5. The monoisotopic (exact) mass is 610 g/mol. The second-order valence-corrected chi connectivity index (χ2v) is 13.4. The van der Waals surface area contributed by atoms with Crippen LogP contribution in [0.15, 0.2) is 72.8 Å². The lowest BCUT2D eigenvalue weighted by atomic mass is 9.66. The predicted octanol–water partition coefficient (Wildman–Crippen LogP) is 3.97. The summed E-state index contributed by atoms with van der Waals surface area (Å²) in [5.41, 5.74) is 2.97. The molecule has 0 saturated carbocycles. The van der Waals surface area contributed by atoms with E-state index in [1.807, 2.05) is 36.4 Å². The van der Waals surface area contributed by atoms with E-state index in [1.165, 1.54) is 0 Å². The van der Waals surface area contributed by atoms with Crippen LogP contribution in [0, 0.1) is 0 Å². The highest BCUT2D eigenvalue weighted by Gasteiger charge is 2.36. The van der Waals surface area contributed by atoms with Crippen molar-refractivity contribution in [3.8, 4) is 17.2 Å². The summed E-state index contributed by atoms with van der Waals surface area (Å²) in [6.07, 6.45) is 3.17. The summed E-state index contributed by atoms with van der Waals surface area (Å²) in [5, 5.41) is 21.2. The SMILES string of the molecule is COc1ccc(C(CCCCCOB([O-])[O-])(c2ccc(OC)cc2)c2ccc(OC)cc2)cc1.C[N+](C)(C)C.C[N+](C)(C)C. The zero-order valence-electron chi connectivity index (χ0n) is 28.9. The molecule has 0 bridgehead atoms. The molecule has 3 rings (SSSR count). The van der Waals surface area contributed by atoms with Gasteiger partial charge in [-0.15, -0.1) is 0 Å². The minimum absolute atomic E-state index is 0.179. The van der Waals surface area contributed by atoms with Gasteiger partial charge in [0.15, 0.2) is 0 Å². The first-order chi connectivity index (χ1) is 20.5. The van der Waals surface area contributed by atoms with E-state index in [4.69, 9.17) is 14.2 Å². The third-order valence-electron chi connectivity index (χ3n) is 6.20. The smallest absolute Gasteiger partial charge is 0.118 e. The van der Waals surface area contributed by atoms with Crippen LogP contribution in [0.1, 0.15) is 42.4 Å². The number of hydrogen-bond acceptors (Lipinski definition) is 6. The van der Waals surface area contributed by atoms with Crippen LogP contribution in [0.5, 0.6) is 17.2 Å². The molecule has 0 unspecified atom stereocenters. The third-order valence-corrected chi connectivity index (χ3v) is 6.20. The lowest BCUT2D eigenvalue weighted by molar-refractivity contribution is -0.849. The van der Waals surface area contributed by atoms with Crippen molar-refractivity contribution in [1.29, 1.82) is 0 Å². The van der Waals surface area contributed by atoms with Gasteiger partial charge in [0.2, 0.25) is 0 Å². The van der Waals surface area contributed by atoms with Crippen LogP contribution in [0.25, 0.3) is 0 Å². The number of quaternary nitrogens is 2. The van der Waals surface area contributed by atoms with Gasteiger partial charge in [-0.3, -0.25) is 0 Å². The van der Waals surface area contributed by atoms with E-state index in [1.54, 1.807) is 21.3 Å². The highest BCUT2D eigenvalue weighted by atomic mass is 16.6. The second kappa shape index (κ2) is 18.7. The van der Waals surface area contributed by atoms with E-state index >= 15 is 0 Å². The Morgan fingerprint density at radius 1 is 0.523 bits per heavy atom. The molecule has 0 radical (unpaired) electrons. The van der Waals surface area contributed by atoms with Gasteiger partial charge < -0.3 is 37.9 Å². The Balaban J connectivity index is 0.000000837. The number of nitrogens with zero attached hydrogens (tertiary/aromatic N) is 2. The Hall–Kier alpha value is -3.08. The largest absolute Gasteiger partial charge is 0.871 e. The van der Waals surface area contributed by atoms with E-state index in [-0.39, 0.29) is 6.61 Å². The zero-order chi connectivity index (χ0) is 33.4. The van der Waals surface area contributed by atoms with Crippen molar-refractivity contribution in [2.75, 3.05) is 84.3 Å². The van der Waals surface area contributed by atoms with E-state index in [2.05, 4.69) is 97.4 Å². The van der Waals surface area contributed by atoms with Gasteiger partial charge in [0.1, 0.15) is 17.2 Å². The molecular weight excluding hydrogens is 555 g/mol. The fraction of sp³-hybridized carbons (Fsp3) is 0.486. The van der Waals surface area contributed by atoms with Crippen molar-refractivity contribution in [2.24, 2.45) is 0 Å². The quantitative estimate of drug-likeness (QED) is 0.126. The summed E-state index contributed by atoms with van der Waals surface area (Å²) in [6.45, 7) is 0.179. The number of ether oxygens (including phenoxy) is 3. The van der Waals surface area contributed by atoms with Crippen LogP contribution in [-0.2, 0) is 10.1 Å². The molecule has 3 aromatic rings. The lowest BCUT2D eigenvalue weighted by Gasteiger charge is -2.36. The third kappa shape index (κ3) is 15.1. The Morgan fingerprint density at radius 3 is 1.07 bits per heavy atom. The van der Waals surface area contributed by atoms with E-state index in [0.29, 0.717) is 6.42 Å². The Morgan fingerprint density at radius 2 is 0.818 bits per heavy atom. The summed E-state index contributed by atoms with van der Waals surface area (Å²) in [7, 11) is 19.8. The van der Waals surface area contributed by atoms with Crippen molar-refractivity contribution in [3.05, 3.63) is 89.5 Å². The van der Waals surface area contributed by atoms with Crippen LogP contribution < -0.4 is 24.3 Å². The van der Waals surface area contributed by atoms with Gasteiger partial charge in [-0.1, -0.05) is 49.2 Å². The van der Waals surface area contributed by atoms with Crippen LogP contribution in [0.3, 0.4) is 0 Å². The van der Waals surface area contributed by atoms with Gasteiger partial charge in [0.25, 0.3) is 0 Å². The maximum atomic E-state index is 10.6. The molecule has 0 N–H and O–H groups in total. The van der Waals surface area contributed by atoms with Crippen LogP contribution in [0.2, 0.25) is 0 Å². The van der Waals surface area contributed by atoms with Crippen LogP contribution in [-0.4, -0.2) is 101 Å². The number of methoxy groups -OCH3 is 3. The standard InChI is InChI=1S/C27H31BO6.2C4H12N/c1-31-24-13-7-21(8-14-24)27(19-5-4-6-20-34-28(29)30,22-9-15-25(32-2)16-10-22)23-11-17-26(33-3)18-12-23;2*1-5(2,3)4/h7-18H,4-6,19-20H2,1-3H3;2*1-4H3/q-2;2*+1. The van der Waals surface area contributed by atoms with Gasteiger partial charge in [-0.2, -0.15) is 0 Å². The number of unbranched alkanes of at least 4 members (excludes halogenated alkanes) is 2. The molecule has 0 aromatic heterocycles. The predicted molar refractivity (Wildman–Crippen MR) is 177 cm³/mol. The van der Waals surface area contributed by atoms with Crippen molar-refractivity contribution in [2.45, 2.75) is 31.1 Å². The maximum absolute atomic E-state index is 10.6. The summed E-state index contributed by atoms with van der Waals surface area (Å²) in [4.78, 5) is 0. The molecule has 0 aliphatic heterocycles. The number of rotatable bonds is 13. The molecule has 3 aromatic carbocycles. The summed E-state index contributed by atoms with van der Waals surface area (Å²) >= 11 is 0. The highest BCUT2D eigenvalue weighted by Crippen LogP contribution is 2.44. The number of benzene rings is 3. The average Bonchev–Trinajstić information content (AvgIpc) is 2.95. The molecule has 0 aliphatic rings. The molecule has 0 atom stereocenters. The molecule has 0 fully saturated rings. The van der Waals surface area contributed by atoms with Gasteiger partial charge >= 0.3 is 0 Å². The molecule has 0 heterocycles. The number of hydrogen-bond donors (Lipinski definition) is 0. The highest BCUT2D eigenvalue weighted by molar-refractivity contribution is 6.28. The minimum Gasteiger partial charge on any atom is -0.871 e. The fourth-order valence-corrected chi connectivity index (χ4v) is 4.41. The molecule has 9 heteroatoms. The normalized spacial score (nSPS) is 11.4. The van der Waals surface area contributed by atoms with Crippen LogP contribution in [0.4, 0.5) is 0 Å². The maximum Gasteiger partial charge on any atom is 0.118 e. The first-order valence-electron chi connectivity index (χ1n) is 15.0. The van der Waals surface area contributed by atoms with Crippen molar-refractivity contribution in [1.82, 2.24) is 0 Å². The molecule has 8 nitrogen and oxygen atoms in total. The molecule has 0 spiro atoms. The molecule has 244 valence electrons. The van der Waals surface area contributed by atoms with Gasteiger partial charge in [0, 0.05) is 12.0 Å². The Labute approximate surface area is 267 Å². The average molecular weight is 611 g/mol. The summed E-state index contributed by atoms with van der Waals surface area (Å²) < 4.78 is 22.9. The van der Waals surface area contributed by atoms with E-state index < -0.39 is 12.7 Å². The van der Waals surface area contributed by atoms with Crippen LogP contribution >= 0.6 is 0 Å². The molecule has 0 aliphatic carbocycles.